The second-order valence-electron chi connectivity index (χ2n) is 5.13. The van der Waals surface area contributed by atoms with Crippen LogP contribution in [0.15, 0.2) is 17.6 Å². The Balaban J connectivity index is 1.79. The molecule has 0 saturated heterocycles. The second-order valence-corrected chi connectivity index (χ2v) is 6.73. The number of rotatable bonds is 6. The number of fused-ring (bicyclic) bond motifs is 1. The van der Waals surface area contributed by atoms with Crippen molar-refractivity contribution in [1.82, 2.24) is 29.9 Å². The van der Waals surface area contributed by atoms with Crippen molar-refractivity contribution in [1.29, 1.82) is 0 Å². The zero-order valence-corrected chi connectivity index (χ0v) is 15.5. The van der Waals surface area contributed by atoms with Gasteiger partial charge in [0.05, 0.1) is 17.8 Å². The van der Waals surface area contributed by atoms with Gasteiger partial charge in [-0.2, -0.15) is 9.97 Å². The van der Waals surface area contributed by atoms with Gasteiger partial charge >= 0.3 is 0 Å². The van der Waals surface area contributed by atoms with E-state index in [1.165, 1.54) is 24.3 Å². The molecule has 3 rings (SSSR count). The number of hydrogen-bond donors (Lipinski definition) is 4. The number of anilines is 3. The van der Waals surface area contributed by atoms with Gasteiger partial charge in [0.15, 0.2) is 5.65 Å². The van der Waals surface area contributed by atoms with Gasteiger partial charge in [0.25, 0.3) is 0 Å². The Labute approximate surface area is 157 Å². The van der Waals surface area contributed by atoms with Crippen LogP contribution in [0.3, 0.4) is 0 Å². The largest absolute Gasteiger partial charge is 0.372 e. The number of nitrogen functional groups attached to an aromatic ring is 1. The smallest absolute Gasteiger partial charge is 0.240 e. The van der Waals surface area contributed by atoms with Gasteiger partial charge in [0, 0.05) is 7.05 Å². The number of carbonyl (C=O) groups excluding carboxylic acids is 1. The highest BCUT2D eigenvalue weighted by molar-refractivity contribution is 8.00. The lowest BCUT2D eigenvalue weighted by Crippen LogP contribution is -2.26. The van der Waals surface area contributed by atoms with Gasteiger partial charge in [-0.15, -0.1) is 0 Å². The number of hydrogen-bond acceptors (Lipinski definition) is 9. The van der Waals surface area contributed by atoms with E-state index < -0.39 is 5.25 Å². The highest BCUT2D eigenvalue weighted by Crippen LogP contribution is 2.29. The highest BCUT2D eigenvalue weighted by atomic mass is 35.5. The summed E-state index contributed by atoms with van der Waals surface area (Å²) >= 11 is 7.22. The van der Waals surface area contributed by atoms with Crippen molar-refractivity contribution >= 4 is 58.1 Å². The minimum Gasteiger partial charge on any atom is -0.372 e. The Bertz CT molecular complexity index is 947. The van der Waals surface area contributed by atoms with Crippen LogP contribution in [0.2, 0.25) is 5.02 Å². The van der Waals surface area contributed by atoms with Crippen LogP contribution in [0.1, 0.15) is 13.3 Å². The van der Waals surface area contributed by atoms with Crippen LogP contribution in [0.25, 0.3) is 11.2 Å². The summed E-state index contributed by atoms with van der Waals surface area (Å²) in [5, 5.41) is 6.01. The van der Waals surface area contributed by atoms with Crippen molar-refractivity contribution in [3.05, 3.63) is 17.5 Å². The number of aromatic nitrogens is 6. The zero-order valence-electron chi connectivity index (χ0n) is 13.9. The van der Waals surface area contributed by atoms with E-state index in [9.17, 15) is 4.79 Å². The van der Waals surface area contributed by atoms with Crippen molar-refractivity contribution < 1.29 is 4.79 Å². The fourth-order valence-electron chi connectivity index (χ4n) is 2.16. The predicted octanol–water partition coefficient (Wildman–Crippen LogP) is 1.93. The lowest BCUT2D eigenvalue weighted by molar-refractivity contribution is -0.115. The number of nitrogens with two attached hydrogens (primary N) is 1. The molecule has 0 bridgehead atoms. The first kappa shape index (κ1) is 18.1. The van der Waals surface area contributed by atoms with Crippen molar-refractivity contribution in [2.24, 2.45) is 0 Å². The molecule has 1 amide bonds. The van der Waals surface area contributed by atoms with Crippen LogP contribution in [0.4, 0.5) is 17.7 Å². The van der Waals surface area contributed by atoms with E-state index in [1.54, 1.807) is 7.05 Å². The van der Waals surface area contributed by atoms with Crippen LogP contribution in [-0.4, -0.2) is 48.1 Å². The summed E-state index contributed by atoms with van der Waals surface area (Å²) in [6, 6.07) is 0. The molecule has 1 atom stereocenters. The Kier molecular flexibility index (Phi) is 5.38. The molecule has 0 spiro atoms. The highest BCUT2D eigenvalue weighted by Gasteiger charge is 2.22. The number of H-pyrrole nitrogens is 1. The number of imidazole rings is 1. The Morgan fingerprint density at radius 1 is 1.38 bits per heavy atom. The maximum atomic E-state index is 12.6. The summed E-state index contributed by atoms with van der Waals surface area (Å²) < 4.78 is 0. The fraction of sp³-hybridized carbons (Fsp3) is 0.286. The van der Waals surface area contributed by atoms with E-state index >= 15 is 0 Å². The summed E-state index contributed by atoms with van der Waals surface area (Å²) in [7, 11) is 1.68. The molecule has 0 fully saturated rings. The van der Waals surface area contributed by atoms with Gasteiger partial charge in [-0.05, 0) is 6.42 Å². The molecule has 26 heavy (non-hydrogen) atoms. The number of aromatic amines is 1. The Hall–Kier alpha value is -2.66. The number of nitrogens with one attached hydrogen (secondary N) is 3. The average Bonchev–Trinajstić information content (AvgIpc) is 3.09. The summed E-state index contributed by atoms with van der Waals surface area (Å²) in [5.41, 5.74) is 6.81. The topological polar surface area (TPSA) is 147 Å². The lowest BCUT2D eigenvalue weighted by Gasteiger charge is -2.14. The molecule has 3 aromatic rings. The maximum absolute atomic E-state index is 12.6. The number of amides is 1. The zero-order chi connectivity index (χ0) is 18.7. The van der Waals surface area contributed by atoms with E-state index in [2.05, 4.69) is 40.5 Å². The number of nitrogens with zero attached hydrogens (tertiary/aromatic N) is 5. The van der Waals surface area contributed by atoms with Crippen LogP contribution in [0.5, 0.6) is 0 Å². The van der Waals surface area contributed by atoms with Gasteiger partial charge in [-0.3, -0.25) is 10.1 Å². The molecule has 0 aliphatic heterocycles. The van der Waals surface area contributed by atoms with E-state index in [4.69, 9.17) is 17.3 Å². The summed E-state index contributed by atoms with van der Waals surface area (Å²) in [5.74, 6) is 0.436. The monoisotopic (exact) mass is 393 g/mol. The van der Waals surface area contributed by atoms with Crippen LogP contribution in [0, 0.1) is 0 Å². The van der Waals surface area contributed by atoms with E-state index in [-0.39, 0.29) is 17.8 Å². The molecule has 136 valence electrons. The minimum absolute atomic E-state index is 0.0991. The van der Waals surface area contributed by atoms with Crippen molar-refractivity contribution in [3.63, 3.8) is 0 Å². The summed E-state index contributed by atoms with van der Waals surface area (Å²) in [6.45, 7) is 1.90. The normalized spacial score (nSPS) is 12.1. The molecule has 12 heteroatoms. The molecule has 0 saturated carbocycles. The molecule has 0 radical (unpaired) electrons. The molecule has 10 nitrogen and oxygen atoms in total. The van der Waals surface area contributed by atoms with Gasteiger partial charge in [-0.1, -0.05) is 30.3 Å². The van der Waals surface area contributed by atoms with Crippen LogP contribution >= 0.6 is 23.4 Å². The predicted molar refractivity (Wildman–Crippen MR) is 101 cm³/mol. The standard InChI is InChI=1S/C14H16ClN9OS/c1-3-7(11(25)23-14-18-4-6(15)9(17-2)22-14)26-12-8-10(20-5-19-8)21-13(16)24-12/h4-5,7H,3H2,1-2H3,(H3,16,19,20,21,24)(H2,17,18,22,23,25)/t7-/m0/s1. The molecule has 0 unspecified atom stereocenters. The summed E-state index contributed by atoms with van der Waals surface area (Å²) in [6.07, 6.45) is 3.48. The number of halogens is 1. The van der Waals surface area contributed by atoms with Gasteiger partial charge in [0.1, 0.15) is 21.4 Å². The third-order valence-electron chi connectivity index (χ3n) is 3.40. The molecule has 3 aromatic heterocycles. The first-order chi connectivity index (χ1) is 12.5. The average molecular weight is 394 g/mol. The number of carbonyl (C=O) groups is 1. The molecular weight excluding hydrogens is 378 g/mol. The molecular formula is C14H16ClN9OS. The van der Waals surface area contributed by atoms with Gasteiger partial charge < -0.3 is 16.0 Å². The summed E-state index contributed by atoms with van der Waals surface area (Å²) in [4.78, 5) is 36.1. The van der Waals surface area contributed by atoms with Gasteiger partial charge in [0.2, 0.25) is 17.8 Å². The molecule has 3 heterocycles. The fourth-order valence-corrected chi connectivity index (χ4v) is 3.36. The SMILES string of the molecule is CC[C@H](Sc1nc(N)nc2nc[nH]c12)C(=O)Nc1ncc(Cl)c(NC)n1. The first-order valence-electron chi connectivity index (χ1n) is 7.66. The molecule has 0 aromatic carbocycles. The molecule has 0 aliphatic carbocycles. The van der Waals surface area contributed by atoms with Crippen LogP contribution < -0.4 is 16.4 Å². The first-order valence-corrected chi connectivity index (χ1v) is 8.92. The molecule has 0 aliphatic rings. The van der Waals surface area contributed by atoms with Crippen molar-refractivity contribution in [3.8, 4) is 0 Å². The quantitative estimate of drug-likeness (QED) is 0.364. The van der Waals surface area contributed by atoms with E-state index in [1.807, 2.05) is 6.92 Å². The van der Waals surface area contributed by atoms with Crippen LogP contribution in [-0.2, 0) is 4.79 Å². The minimum atomic E-state index is -0.437. The Morgan fingerprint density at radius 2 is 2.19 bits per heavy atom. The molecule has 5 N–H and O–H groups in total. The van der Waals surface area contributed by atoms with E-state index in [0.29, 0.717) is 33.5 Å². The third kappa shape index (κ3) is 3.78. The van der Waals surface area contributed by atoms with E-state index in [0.717, 1.165) is 0 Å². The van der Waals surface area contributed by atoms with Gasteiger partial charge in [-0.25, -0.2) is 15.0 Å². The van der Waals surface area contributed by atoms with Crippen molar-refractivity contribution in [2.75, 3.05) is 23.4 Å². The maximum Gasteiger partial charge on any atom is 0.240 e. The second kappa shape index (κ2) is 7.70. The number of thioether (sulfide) groups is 1. The lowest BCUT2D eigenvalue weighted by atomic mass is 10.3. The third-order valence-corrected chi connectivity index (χ3v) is 5.03. The van der Waals surface area contributed by atoms with Crippen molar-refractivity contribution in [2.45, 2.75) is 23.6 Å². The Morgan fingerprint density at radius 3 is 2.92 bits per heavy atom.